The quantitative estimate of drug-likeness (QED) is 0.340. The molecule has 0 aromatic heterocycles. The third kappa shape index (κ3) is 2.98. The highest BCUT2D eigenvalue weighted by Crippen LogP contribution is 2.62. The molecule has 1 aromatic carbocycles. The number of carbonyl (C=O) groups excluding carboxylic acids is 3. The van der Waals surface area contributed by atoms with E-state index in [1.54, 1.807) is 32.0 Å². The molecule has 1 aromatic rings. The highest BCUT2D eigenvalue weighted by molar-refractivity contribution is 6.46. The van der Waals surface area contributed by atoms with Crippen LogP contribution in [0.25, 0.3) is 0 Å². The van der Waals surface area contributed by atoms with Crippen LogP contribution < -0.4 is 0 Å². The Balaban J connectivity index is 1.79. The molecule has 36 heavy (non-hydrogen) atoms. The van der Waals surface area contributed by atoms with Crippen molar-refractivity contribution in [3.63, 3.8) is 0 Å². The van der Waals surface area contributed by atoms with Crippen LogP contribution in [0.2, 0.25) is 0 Å². The number of carbonyl (C=O) groups is 3. The summed E-state index contributed by atoms with van der Waals surface area (Å²) in [5, 5.41) is 46.3. The number of rotatable bonds is 2. The fraction of sp³-hybridized carbons (Fsp3) is 0.593. The predicted octanol–water partition coefficient (Wildman–Crippen LogP) is 0.719. The van der Waals surface area contributed by atoms with Crippen LogP contribution in [0.3, 0.4) is 0 Å². The van der Waals surface area contributed by atoms with E-state index in [2.05, 4.69) is 0 Å². The van der Waals surface area contributed by atoms with Crippen molar-refractivity contribution in [2.24, 2.45) is 16.7 Å². The summed E-state index contributed by atoms with van der Waals surface area (Å²) in [5.74, 6) is -4.10. The van der Waals surface area contributed by atoms with Crippen LogP contribution in [0.15, 0.2) is 41.5 Å². The van der Waals surface area contributed by atoms with Gasteiger partial charge in [0.25, 0.3) is 0 Å². The molecule has 8 atom stereocenters. The number of aliphatic hydroxyl groups excluding tert-OH is 2. The van der Waals surface area contributed by atoms with Crippen LogP contribution in [0, 0.1) is 16.7 Å². The molecule has 0 amide bonds. The second-order valence-electron chi connectivity index (χ2n) is 11.5. The molecule has 9 heteroatoms. The van der Waals surface area contributed by atoms with Gasteiger partial charge in [0, 0.05) is 29.7 Å². The van der Waals surface area contributed by atoms with Gasteiger partial charge in [-0.15, -0.1) is 0 Å². The molecular formula is C27H32O9. The van der Waals surface area contributed by atoms with E-state index in [9.17, 15) is 34.8 Å². The van der Waals surface area contributed by atoms with Gasteiger partial charge in [0.15, 0.2) is 0 Å². The topological polar surface area (TPSA) is 151 Å². The van der Waals surface area contributed by atoms with Crippen molar-refractivity contribution >= 4 is 17.5 Å². The lowest BCUT2D eigenvalue weighted by molar-refractivity contribution is -0.341. The molecule has 1 aliphatic heterocycles. The average Bonchev–Trinajstić information content (AvgIpc) is 2.83. The van der Waals surface area contributed by atoms with Gasteiger partial charge in [0.1, 0.15) is 17.3 Å². The van der Waals surface area contributed by atoms with Crippen LogP contribution in [0.4, 0.5) is 0 Å². The molecule has 1 heterocycles. The first-order valence-corrected chi connectivity index (χ1v) is 12.2. The number of ether oxygens (including phenoxy) is 2. The van der Waals surface area contributed by atoms with E-state index < -0.39 is 69.9 Å². The van der Waals surface area contributed by atoms with E-state index in [0.717, 1.165) is 0 Å². The lowest BCUT2D eigenvalue weighted by atomic mass is 9.45. The Morgan fingerprint density at radius 2 is 1.72 bits per heavy atom. The van der Waals surface area contributed by atoms with Crippen molar-refractivity contribution in [1.29, 1.82) is 0 Å². The SMILES string of the molecule is CC1=C2C(=O)C(=O)[C@]3(C)[C@H](O)C[C@H]4OC[C@@]4(O)[C@H]3[C@H](OC(=O)c3ccccc3)[C@](O)(C[C@@H]1O)C2(C)C. The summed E-state index contributed by atoms with van der Waals surface area (Å²) >= 11 is 0. The third-order valence-corrected chi connectivity index (χ3v) is 9.43. The smallest absolute Gasteiger partial charge is 0.338 e. The van der Waals surface area contributed by atoms with E-state index in [1.165, 1.54) is 26.0 Å². The van der Waals surface area contributed by atoms with E-state index in [0.29, 0.717) is 0 Å². The van der Waals surface area contributed by atoms with Gasteiger partial charge < -0.3 is 29.9 Å². The molecule has 194 valence electrons. The number of aliphatic hydroxyl groups is 4. The van der Waals surface area contributed by atoms with Crippen LogP contribution in [-0.2, 0) is 19.1 Å². The maximum absolute atomic E-state index is 13.9. The monoisotopic (exact) mass is 500 g/mol. The van der Waals surface area contributed by atoms with Gasteiger partial charge in [0.05, 0.1) is 35.9 Å². The molecule has 0 unspecified atom stereocenters. The number of hydrogen-bond acceptors (Lipinski definition) is 9. The third-order valence-electron chi connectivity index (χ3n) is 9.43. The normalized spacial score (nSPS) is 43.5. The van der Waals surface area contributed by atoms with Gasteiger partial charge in [-0.05, 0) is 31.6 Å². The van der Waals surface area contributed by atoms with E-state index in [4.69, 9.17) is 9.47 Å². The number of fused-ring (bicyclic) bond motifs is 5. The van der Waals surface area contributed by atoms with E-state index in [1.807, 2.05) is 0 Å². The van der Waals surface area contributed by atoms with Gasteiger partial charge in [-0.2, -0.15) is 0 Å². The Kier molecular flexibility index (Phi) is 5.46. The lowest BCUT2D eigenvalue weighted by Crippen LogP contribution is -2.80. The molecule has 4 aliphatic rings. The van der Waals surface area contributed by atoms with E-state index >= 15 is 0 Å². The first-order valence-electron chi connectivity index (χ1n) is 12.2. The molecule has 0 spiro atoms. The zero-order valence-corrected chi connectivity index (χ0v) is 20.7. The van der Waals surface area contributed by atoms with Crippen LogP contribution >= 0.6 is 0 Å². The molecule has 3 aliphatic carbocycles. The summed E-state index contributed by atoms with van der Waals surface area (Å²) < 4.78 is 11.5. The van der Waals surface area contributed by atoms with Crippen molar-refractivity contribution in [2.75, 3.05) is 6.61 Å². The molecule has 3 fully saturated rings. The molecular weight excluding hydrogens is 468 g/mol. The number of esters is 1. The largest absolute Gasteiger partial charge is 0.455 e. The minimum atomic E-state index is -2.08. The summed E-state index contributed by atoms with van der Waals surface area (Å²) in [5.41, 5.74) is -6.85. The molecule has 5 rings (SSSR count). The highest BCUT2D eigenvalue weighted by Gasteiger charge is 2.76. The highest BCUT2D eigenvalue weighted by atomic mass is 16.6. The number of Topliss-reactive ketones (excluding diaryl/α,β-unsaturated/α-hetero) is 2. The lowest BCUT2D eigenvalue weighted by Gasteiger charge is -2.66. The Morgan fingerprint density at radius 1 is 1.08 bits per heavy atom. The van der Waals surface area contributed by atoms with Crippen molar-refractivity contribution in [1.82, 2.24) is 0 Å². The molecule has 4 N–H and O–H groups in total. The van der Waals surface area contributed by atoms with Gasteiger partial charge in [0.2, 0.25) is 11.6 Å². The minimum absolute atomic E-state index is 0.0691. The van der Waals surface area contributed by atoms with Gasteiger partial charge in [-0.3, -0.25) is 9.59 Å². The Labute approximate surface area is 208 Å². The Morgan fingerprint density at radius 3 is 2.31 bits per heavy atom. The second-order valence-corrected chi connectivity index (χ2v) is 11.5. The second kappa shape index (κ2) is 7.79. The van der Waals surface area contributed by atoms with Crippen molar-refractivity contribution < 1.29 is 44.3 Å². The van der Waals surface area contributed by atoms with Crippen LogP contribution in [0.1, 0.15) is 50.9 Å². The molecule has 2 saturated carbocycles. The Bertz CT molecular complexity index is 1170. The first-order chi connectivity index (χ1) is 16.7. The summed E-state index contributed by atoms with van der Waals surface area (Å²) in [6.07, 6.45) is -5.60. The van der Waals surface area contributed by atoms with E-state index in [-0.39, 0.29) is 36.2 Å². The summed E-state index contributed by atoms with van der Waals surface area (Å²) in [6, 6.07) is 8.06. The number of benzene rings is 1. The van der Waals surface area contributed by atoms with Crippen molar-refractivity contribution in [2.45, 2.75) is 76.2 Å². The fourth-order valence-corrected chi connectivity index (χ4v) is 7.05. The van der Waals surface area contributed by atoms with Crippen molar-refractivity contribution in [3.05, 3.63) is 47.0 Å². The summed E-state index contributed by atoms with van der Waals surface area (Å²) in [4.78, 5) is 41.0. The minimum Gasteiger partial charge on any atom is -0.455 e. The molecule has 9 nitrogen and oxygen atoms in total. The molecule has 2 bridgehead atoms. The summed E-state index contributed by atoms with van der Waals surface area (Å²) in [7, 11) is 0. The standard InChI is InChI=1S/C27H32O9/c1-13-15(28)11-27(34)22(36-23(32)14-8-6-5-7-9-14)20-25(4,16(29)10-17-26(20,33)12-35-17)21(31)19(30)18(13)24(27,2)3/h5-9,15-17,20,22,28-29,33-34H,10-12H2,1-4H3/t15-,16+,17+,20-,22-,25+,26-,27+/m0/s1. The number of hydrogen-bond donors (Lipinski definition) is 4. The maximum atomic E-state index is 13.9. The predicted molar refractivity (Wildman–Crippen MR) is 125 cm³/mol. The van der Waals surface area contributed by atoms with Gasteiger partial charge >= 0.3 is 5.97 Å². The molecule has 1 saturated heterocycles. The van der Waals surface area contributed by atoms with Crippen molar-refractivity contribution in [3.8, 4) is 0 Å². The zero-order chi connectivity index (χ0) is 26.4. The average molecular weight is 501 g/mol. The van der Waals surface area contributed by atoms with Gasteiger partial charge in [-0.25, -0.2) is 4.79 Å². The first kappa shape index (κ1) is 25.2. The number of ketones is 2. The fourth-order valence-electron chi connectivity index (χ4n) is 7.05. The van der Waals surface area contributed by atoms with Gasteiger partial charge in [-0.1, -0.05) is 32.0 Å². The summed E-state index contributed by atoms with van der Waals surface area (Å²) in [6.45, 7) is 5.80. The molecule has 0 radical (unpaired) electrons. The zero-order valence-electron chi connectivity index (χ0n) is 20.7. The Hall–Kier alpha value is -2.43. The van der Waals surface area contributed by atoms with Crippen LogP contribution in [0.5, 0.6) is 0 Å². The van der Waals surface area contributed by atoms with Crippen LogP contribution in [-0.4, -0.2) is 80.2 Å². The maximum Gasteiger partial charge on any atom is 0.338 e.